The van der Waals surface area contributed by atoms with Crippen molar-refractivity contribution in [1.82, 2.24) is 5.32 Å². The highest BCUT2D eigenvalue weighted by Crippen LogP contribution is 2.29. The number of carbonyl (C=O) groups is 2. The standard InChI is InChI=1S/C22H25Cl3N2O4/c23-15-5-3-4-14(12-15)19(28)8-7-13-10-16(24)20(17(25)11-13)21(29)27-18(22(30)31)6-1-2-9-26/h3-5,10-12,18-19,28H,1-2,6-9,26H2,(H,27,29)(H,30,31)/t18-,19?/m0/s1. The first-order chi connectivity index (χ1) is 14.7. The van der Waals surface area contributed by atoms with E-state index in [0.29, 0.717) is 42.8 Å². The Morgan fingerprint density at radius 3 is 2.29 bits per heavy atom. The molecule has 5 N–H and O–H groups in total. The first kappa shape index (κ1) is 25.4. The Labute approximate surface area is 196 Å². The summed E-state index contributed by atoms with van der Waals surface area (Å²) in [6.07, 6.45) is 1.64. The lowest BCUT2D eigenvalue weighted by Crippen LogP contribution is -2.41. The zero-order valence-corrected chi connectivity index (χ0v) is 19.1. The average Bonchev–Trinajstić information content (AvgIpc) is 2.70. The molecule has 1 unspecified atom stereocenters. The van der Waals surface area contributed by atoms with E-state index in [1.165, 1.54) is 0 Å². The number of rotatable bonds is 11. The molecule has 0 aliphatic rings. The number of hydrogen-bond acceptors (Lipinski definition) is 4. The fourth-order valence-corrected chi connectivity index (χ4v) is 4.05. The van der Waals surface area contributed by atoms with Gasteiger partial charge < -0.3 is 21.3 Å². The predicted octanol–water partition coefficient (Wildman–Crippen LogP) is 4.63. The van der Waals surface area contributed by atoms with Crippen molar-refractivity contribution in [3.05, 3.63) is 68.2 Å². The van der Waals surface area contributed by atoms with Crippen LogP contribution >= 0.6 is 34.8 Å². The number of nitrogens with two attached hydrogens (primary N) is 1. The van der Waals surface area contributed by atoms with Crippen LogP contribution in [0, 0.1) is 0 Å². The highest BCUT2D eigenvalue weighted by molar-refractivity contribution is 6.39. The zero-order chi connectivity index (χ0) is 23.0. The summed E-state index contributed by atoms with van der Waals surface area (Å²) in [6.45, 7) is 0.450. The lowest BCUT2D eigenvalue weighted by Gasteiger charge is -2.16. The second-order valence-corrected chi connectivity index (χ2v) is 8.44. The normalized spacial score (nSPS) is 12.9. The summed E-state index contributed by atoms with van der Waals surface area (Å²) in [5.74, 6) is -1.79. The highest BCUT2D eigenvalue weighted by Gasteiger charge is 2.23. The molecule has 0 saturated carbocycles. The Kier molecular flexibility index (Phi) is 10.1. The fraction of sp³-hybridized carbons (Fsp3) is 0.364. The average molecular weight is 488 g/mol. The molecule has 2 aromatic carbocycles. The van der Waals surface area contributed by atoms with Crippen LogP contribution in [-0.2, 0) is 11.2 Å². The van der Waals surface area contributed by atoms with E-state index in [2.05, 4.69) is 5.32 Å². The van der Waals surface area contributed by atoms with E-state index in [1.54, 1.807) is 36.4 Å². The van der Waals surface area contributed by atoms with Crippen molar-refractivity contribution < 1.29 is 19.8 Å². The Morgan fingerprint density at radius 1 is 1.03 bits per heavy atom. The van der Waals surface area contributed by atoms with Crippen LogP contribution in [-0.4, -0.2) is 34.7 Å². The van der Waals surface area contributed by atoms with E-state index in [-0.39, 0.29) is 22.0 Å². The molecular weight excluding hydrogens is 463 g/mol. The third kappa shape index (κ3) is 7.66. The first-order valence-electron chi connectivity index (χ1n) is 9.88. The summed E-state index contributed by atoms with van der Waals surface area (Å²) in [7, 11) is 0. The number of aliphatic hydroxyl groups is 1. The predicted molar refractivity (Wildman–Crippen MR) is 123 cm³/mol. The summed E-state index contributed by atoms with van der Waals surface area (Å²) in [4.78, 5) is 24.0. The number of aryl methyl sites for hydroxylation is 1. The third-order valence-electron chi connectivity index (χ3n) is 4.82. The van der Waals surface area contributed by atoms with Gasteiger partial charge in [-0.05, 0) is 74.0 Å². The largest absolute Gasteiger partial charge is 0.480 e. The van der Waals surface area contributed by atoms with Gasteiger partial charge in [0.1, 0.15) is 6.04 Å². The van der Waals surface area contributed by atoms with Gasteiger partial charge in [-0.1, -0.05) is 46.9 Å². The number of aliphatic carboxylic acids is 1. The maximum atomic E-state index is 12.6. The number of carboxylic acids is 1. The molecule has 0 aliphatic heterocycles. The molecule has 0 radical (unpaired) electrons. The Balaban J connectivity index is 2.06. The molecule has 9 heteroatoms. The van der Waals surface area contributed by atoms with Gasteiger partial charge in [-0.3, -0.25) is 4.79 Å². The summed E-state index contributed by atoms with van der Waals surface area (Å²) < 4.78 is 0. The number of carbonyl (C=O) groups excluding carboxylic acids is 1. The minimum Gasteiger partial charge on any atom is -0.480 e. The Bertz CT molecular complexity index is 900. The number of nitrogens with one attached hydrogen (secondary N) is 1. The molecule has 2 aromatic rings. The van der Waals surface area contributed by atoms with E-state index >= 15 is 0 Å². The maximum absolute atomic E-state index is 12.6. The van der Waals surface area contributed by atoms with Gasteiger partial charge in [0.25, 0.3) is 5.91 Å². The first-order valence-corrected chi connectivity index (χ1v) is 11.0. The summed E-state index contributed by atoms with van der Waals surface area (Å²) in [6, 6.07) is 9.12. The van der Waals surface area contributed by atoms with Crippen molar-refractivity contribution in [3.63, 3.8) is 0 Å². The molecule has 2 rings (SSSR count). The van der Waals surface area contributed by atoms with Gasteiger partial charge in [-0.2, -0.15) is 0 Å². The molecule has 0 fully saturated rings. The van der Waals surface area contributed by atoms with Crippen molar-refractivity contribution in [2.75, 3.05) is 6.54 Å². The van der Waals surface area contributed by atoms with E-state index in [4.69, 9.17) is 40.5 Å². The molecule has 0 heterocycles. The SMILES string of the molecule is NCCCC[C@H](NC(=O)c1c(Cl)cc(CCC(O)c2cccc(Cl)c2)cc1Cl)C(=O)O. The van der Waals surface area contributed by atoms with E-state index in [0.717, 1.165) is 5.56 Å². The van der Waals surface area contributed by atoms with E-state index < -0.39 is 24.0 Å². The number of aliphatic hydroxyl groups excluding tert-OH is 1. The lowest BCUT2D eigenvalue weighted by molar-refractivity contribution is -0.139. The number of hydrogen-bond donors (Lipinski definition) is 4. The maximum Gasteiger partial charge on any atom is 0.326 e. The van der Waals surface area contributed by atoms with Gasteiger partial charge in [0.15, 0.2) is 0 Å². The second kappa shape index (κ2) is 12.3. The molecule has 0 aromatic heterocycles. The molecule has 0 spiro atoms. The van der Waals surface area contributed by atoms with Crippen LogP contribution in [0.5, 0.6) is 0 Å². The van der Waals surface area contributed by atoms with Crippen LogP contribution in [0.15, 0.2) is 36.4 Å². The fourth-order valence-electron chi connectivity index (χ4n) is 3.15. The number of carboxylic acid groups (broad SMARTS) is 1. The van der Waals surface area contributed by atoms with Crippen LogP contribution in [0.2, 0.25) is 15.1 Å². The van der Waals surface area contributed by atoms with Crippen LogP contribution in [0.4, 0.5) is 0 Å². The molecule has 2 atom stereocenters. The smallest absolute Gasteiger partial charge is 0.326 e. The number of halogens is 3. The van der Waals surface area contributed by atoms with E-state index in [9.17, 15) is 19.8 Å². The van der Waals surface area contributed by atoms with Crippen LogP contribution < -0.4 is 11.1 Å². The number of amides is 1. The van der Waals surface area contributed by atoms with Crippen molar-refractivity contribution in [1.29, 1.82) is 0 Å². The second-order valence-electron chi connectivity index (χ2n) is 7.19. The van der Waals surface area contributed by atoms with Crippen molar-refractivity contribution in [2.24, 2.45) is 5.73 Å². The molecule has 1 amide bonds. The van der Waals surface area contributed by atoms with Gasteiger partial charge in [-0.15, -0.1) is 0 Å². The quantitative estimate of drug-likeness (QED) is 0.345. The van der Waals surface area contributed by atoms with Gasteiger partial charge >= 0.3 is 5.97 Å². The molecule has 31 heavy (non-hydrogen) atoms. The molecule has 0 saturated heterocycles. The van der Waals surface area contributed by atoms with Crippen molar-refractivity contribution >= 4 is 46.7 Å². The molecular formula is C22H25Cl3N2O4. The lowest BCUT2D eigenvalue weighted by atomic mass is 10.00. The summed E-state index contributed by atoms with van der Waals surface area (Å²) in [5, 5.41) is 23.0. The minimum absolute atomic E-state index is 0.0209. The topological polar surface area (TPSA) is 113 Å². The monoisotopic (exact) mass is 486 g/mol. The van der Waals surface area contributed by atoms with Gasteiger partial charge in [0.2, 0.25) is 0 Å². The van der Waals surface area contributed by atoms with Gasteiger partial charge in [0.05, 0.1) is 21.7 Å². The van der Waals surface area contributed by atoms with E-state index in [1.807, 2.05) is 0 Å². The number of unbranched alkanes of at least 4 members (excludes halogenated alkanes) is 1. The van der Waals surface area contributed by atoms with Crippen LogP contribution in [0.3, 0.4) is 0 Å². The zero-order valence-electron chi connectivity index (χ0n) is 16.8. The highest BCUT2D eigenvalue weighted by atomic mass is 35.5. The van der Waals surface area contributed by atoms with Crippen LogP contribution in [0.25, 0.3) is 0 Å². The molecule has 0 bridgehead atoms. The number of benzene rings is 2. The van der Waals surface area contributed by atoms with Gasteiger partial charge in [-0.25, -0.2) is 4.79 Å². The molecule has 6 nitrogen and oxygen atoms in total. The molecule has 168 valence electrons. The Morgan fingerprint density at radius 2 is 1.71 bits per heavy atom. The molecule has 0 aliphatic carbocycles. The van der Waals surface area contributed by atoms with Crippen molar-refractivity contribution in [3.8, 4) is 0 Å². The third-order valence-corrected chi connectivity index (χ3v) is 5.65. The summed E-state index contributed by atoms with van der Waals surface area (Å²) >= 11 is 18.5. The Hall–Kier alpha value is -1.83. The van der Waals surface area contributed by atoms with Gasteiger partial charge in [0, 0.05) is 5.02 Å². The minimum atomic E-state index is -1.13. The van der Waals surface area contributed by atoms with Crippen LogP contribution in [0.1, 0.15) is 53.3 Å². The van der Waals surface area contributed by atoms with Crippen molar-refractivity contribution in [2.45, 2.75) is 44.2 Å². The summed E-state index contributed by atoms with van der Waals surface area (Å²) in [5.41, 5.74) is 6.89.